The maximum atomic E-state index is 13.2. The third-order valence-corrected chi connectivity index (χ3v) is 5.64. The molecule has 0 bridgehead atoms. The van der Waals surface area contributed by atoms with Crippen molar-refractivity contribution in [2.75, 3.05) is 0 Å². The van der Waals surface area contributed by atoms with E-state index in [0.29, 0.717) is 15.9 Å². The van der Waals surface area contributed by atoms with Gasteiger partial charge in [-0.1, -0.05) is 35.9 Å². The molecule has 0 fully saturated rings. The van der Waals surface area contributed by atoms with Crippen LogP contribution in [0.5, 0.6) is 0 Å². The highest BCUT2D eigenvalue weighted by atomic mass is 35.5. The van der Waals surface area contributed by atoms with Gasteiger partial charge in [0, 0.05) is 30.6 Å². The Morgan fingerprint density at radius 2 is 1.74 bits per heavy atom. The Kier molecular flexibility index (Phi) is 7.02. The van der Waals surface area contributed by atoms with Crippen molar-refractivity contribution in [2.24, 2.45) is 0 Å². The summed E-state index contributed by atoms with van der Waals surface area (Å²) in [6.07, 6.45) is 0.0364. The van der Waals surface area contributed by atoms with E-state index in [-0.39, 0.29) is 49.3 Å². The average Bonchev–Trinajstić information content (AvgIpc) is 3.14. The molecule has 4 aromatic rings. The second-order valence-electron chi connectivity index (χ2n) is 8.42. The van der Waals surface area contributed by atoms with E-state index in [1.807, 2.05) is 13.8 Å². The molecule has 2 aromatic heterocycles. The van der Waals surface area contributed by atoms with Gasteiger partial charge in [0.2, 0.25) is 17.6 Å². The molecule has 0 unspecified atom stereocenters. The van der Waals surface area contributed by atoms with Crippen molar-refractivity contribution in [3.63, 3.8) is 0 Å². The number of aryl methyl sites for hydroxylation is 1. The van der Waals surface area contributed by atoms with Gasteiger partial charge in [-0.05, 0) is 43.7 Å². The maximum absolute atomic E-state index is 13.2. The zero-order chi connectivity index (χ0) is 25.1. The van der Waals surface area contributed by atoms with E-state index >= 15 is 0 Å². The fraction of sp³-hybridized carbons (Fsp3) is 0.292. The normalized spacial score (nSPS) is 11.3. The largest absolute Gasteiger partial charge is 0.354 e. The lowest BCUT2D eigenvalue weighted by Crippen LogP contribution is -2.33. The first kappa shape index (κ1) is 24.2. The second kappa shape index (κ2) is 10.1. The van der Waals surface area contributed by atoms with Crippen molar-refractivity contribution in [2.45, 2.75) is 45.9 Å². The summed E-state index contributed by atoms with van der Waals surface area (Å²) >= 11 is 5.88. The molecule has 0 atom stereocenters. The van der Waals surface area contributed by atoms with Gasteiger partial charge >= 0.3 is 5.69 Å². The number of fused-ring (bicyclic) bond motifs is 3. The first-order valence-corrected chi connectivity index (χ1v) is 11.5. The molecule has 35 heavy (non-hydrogen) atoms. The van der Waals surface area contributed by atoms with Crippen LogP contribution in [0.25, 0.3) is 16.7 Å². The quantitative estimate of drug-likeness (QED) is 0.385. The lowest BCUT2D eigenvalue weighted by atomic mass is 10.2. The molecule has 11 heteroatoms. The third-order valence-electron chi connectivity index (χ3n) is 5.39. The molecule has 2 N–H and O–H groups in total. The van der Waals surface area contributed by atoms with Gasteiger partial charge < -0.3 is 10.6 Å². The minimum Gasteiger partial charge on any atom is -0.354 e. The molecule has 0 saturated carbocycles. The number of carbonyl (C=O) groups is 2. The van der Waals surface area contributed by atoms with Gasteiger partial charge in [-0.15, -0.1) is 5.10 Å². The summed E-state index contributed by atoms with van der Waals surface area (Å²) < 4.78 is 3.61. The van der Waals surface area contributed by atoms with Gasteiger partial charge in [0.1, 0.15) is 6.54 Å². The second-order valence-corrected chi connectivity index (χ2v) is 8.86. The van der Waals surface area contributed by atoms with Crippen molar-refractivity contribution in [1.29, 1.82) is 0 Å². The summed E-state index contributed by atoms with van der Waals surface area (Å²) in [7, 11) is 0. The van der Waals surface area contributed by atoms with Gasteiger partial charge in [0.25, 0.3) is 5.56 Å². The molecule has 0 radical (unpaired) electrons. The average molecular weight is 497 g/mol. The van der Waals surface area contributed by atoms with E-state index in [1.54, 1.807) is 48.5 Å². The molecule has 2 amide bonds. The number of carbonyl (C=O) groups excluding carboxylic acids is 2. The van der Waals surface area contributed by atoms with E-state index in [2.05, 4.69) is 15.7 Å². The van der Waals surface area contributed by atoms with Crippen LogP contribution in [0, 0.1) is 0 Å². The molecular formula is C24H25ClN6O4. The van der Waals surface area contributed by atoms with Crippen molar-refractivity contribution in [3.05, 3.63) is 80.0 Å². The summed E-state index contributed by atoms with van der Waals surface area (Å²) in [6, 6.07) is 13.7. The standard InChI is InChI=1S/C24H25ClN6O4/c1-15(2)27-20(32)11-12-29-22(34)18-5-3-4-6-19(18)31-23(29)28-30(24(31)35)14-21(33)26-13-16-7-9-17(25)10-8-16/h3-10,15H,11-14H2,1-2H3,(H,26,33)(H,27,32). The summed E-state index contributed by atoms with van der Waals surface area (Å²) in [4.78, 5) is 51.1. The summed E-state index contributed by atoms with van der Waals surface area (Å²) in [6.45, 7) is 3.65. The van der Waals surface area contributed by atoms with E-state index in [4.69, 9.17) is 11.6 Å². The lowest BCUT2D eigenvalue weighted by Gasteiger charge is -2.11. The first-order valence-electron chi connectivity index (χ1n) is 11.2. The van der Waals surface area contributed by atoms with Gasteiger partial charge in [-0.2, -0.15) is 0 Å². The van der Waals surface area contributed by atoms with Gasteiger partial charge in [0.15, 0.2) is 0 Å². The van der Waals surface area contributed by atoms with E-state index in [1.165, 1.54) is 8.97 Å². The Labute approximate surface area is 205 Å². The number of amides is 2. The van der Waals surface area contributed by atoms with Gasteiger partial charge in [0.05, 0.1) is 10.9 Å². The molecule has 0 spiro atoms. The predicted octanol–water partition coefficient (Wildman–Crippen LogP) is 1.70. The Hall–Kier alpha value is -3.92. The number of benzene rings is 2. The topological polar surface area (TPSA) is 120 Å². The fourth-order valence-corrected chi connectivity index (χ4v) is 3.90. The Bertz CT molecular complexity index is 1520. The fourth-order valence-electron chi connectivity index (χ4n) is 3.77. The first-order chi connectivity index (χ1) is 16.7. The lowest BCUT2D eigenvalue weighted by molar-refractivity contribution is -0.122. The van der Waals surface area contributed by atoms with E-state index in [9.17, 15) is 19.2 Å². The molecule has 0 aliphatic carbocycles. The number of nitrogens with zero attached hydrogens (tertiary/aromatic N) is 4. The molecule has 0 aliphatic rings. The van der Waals surface area contributed by atoms with Crippen LogP contribution in [0.3, 0.4) is 0 Å². The zero-order valence-electron chi connectivity index (χ0n) is 19.3. The molecule has 10 nitrogen and oxygen atoms in total. The van der Waals surface area contributed by atoms with Crippen LogP contribution in [0.4, 0.5) is 0 Å². The highest BCUT2D eigenvalue weighted by Crippen LogP contribution is 2.12. The molecule has 2 aromatic carbocycles. The highest BCUT2D eigenvalue weighted by molar-refractivity contribution is 6.30. The third kappa shape index (κ3) is 5.27. The molecule has 4 rings (SSSR count). The van der Waals surface area contributed by atoms with Crippen LogP contribution < -0.4 is 21.9 Å². The Morgan fingerprint density at radius 1 is 1.03 bits per heavy atom. The number of hydrogen-bond donors (Lipinski definition) is 2. The number of halogens is 1. The van der Waals surface area contributed by atoms with E-state index in [0.717, 1.165) is 10.2 Å². The van der Waals surface area contributed by atoms with E-state index < -0.39 is 11.6 Å². The van der Waals surface area contributed by atoms with Crippen molar-refractivity contribution >= 4 is 40.1 Å². The molecular weight excluding hydrogens is 472 g/mol. The van der Waals surface area contributed by atoms with Crippen LogP contribution in [-0.2, 0) is 29.2 Å². The summed E-state index contributed by atoms with van der Waals surface area (Å²) in [5.41, 5.74) is 0.311. The minimum absolute atomic E-state index is 0.0327. The molecule has 2 heterocycles. The molecule has 0 aliphatic heterocycles. The van der Waals surface area contributed by atoms with Crippen LogP contribution in [0.1, 0.15) is 25.8 Å². The number of rotatable bonds is 8. The van der Waals surface area contributed by atoms with Gasteiger partial charge in [-0.25, -0.2) is 13.9 Å². The maximum Gasteiger partial charge on any atom is 0.352 e. The highest BCUT2D eigenvalue weighted by Gasteiger charge is 2.19. The SMILES string of the molecule is CC(C)NC(=O)CCn1c(=O)c2ccccc2n2c(=O)n(CC(=O)NCc3ccc(Cl)cc3)nc12. The predicted molar refractivity (Wildman–Crippen MR) is 132 cm³/mol. The van der Waals surface area contributed by atoms with Crippen molar-refractivity contribution in [1.82, 2.24) is 29.4 Å². The molecule has 182 valence electrons. The molecule has 0 saturated heterocycles. The number of nitrogens with one attached hydrogen (secondary N) is 2. The summed E-state index contributed by atoms with van der Waals surface area (Å²) in [5.74, 6) is -0.567. The smallest absolute Gasteiger partial charge is 0.352 e. The summed E-state index contributed by atoms with van der Waals surface area (Å²) in [5, 5.41) is 10.7. The van der Waals surface area contributed by atoms with Crippen LogP contribution >= 0.6 is 11.6 Å². The Balaban J connectivity index is 1.66. The zero-order valence-corrected chi connectivity index (χ0v) is 20.1. The van der Waals surface area contributed by atoms with Crippen molar-refractivity contribution < 1.29 is 9.59 Å². The minimum atomic E-state index is -0.557. The van der Waals surface area contributed by atoms with Crippen LogP contribution in [0.15, 0.2) is 58.1 Å². The van der Waals surface area contributed by atoms with Crippen molar-refractivity contribution in [3.8, 4) is 0 Å². The number of hydrogen-bond acceptors (Lipinski definition) is 5. The Morgan fingerprint density at radius 3 is 2.46 bits per heavy atom. The number of aromatic nitrogens is 4. The van der Waals surface area contributed by atoms with Crippen LogP contribution in [-0.4, -0.2) is 36.6 Å². The van der Waals surface area contributed by atoms with Gasteiger partial charge in [-0.3, -0.25) is 19.0 Å². The van der Waals surface area contributed by atoms with Crippen LogP contribution in [0.2, 0.25) is 5.02 Å². The monoisotopic (exact) mass is 496 g/mol. The number of para-hydroxylation sites is 1.